The molecule has 0 spiro atoms. The molecule has 2 aromatic carbocycles. The number of nitrogens with one attached hydrogen (secondary N) is 1. The van der Waals surface area contributed by atoms with Crippen molar-refractivity contribution >= 4 is 22.7 Å². The number of nitriles is 1. The molecule has 1 N–H and O–H groups in total. The molecule has 0 radical (unpaired) electrons. The lowest BCUT2D eigenvalue weighted by Gasteiger charge is -2.11. The number of fused-ring (bicyclic) bond motifs is 1. The van der Waals surface area contributed by atoms with Crippen molar-refractivity contribution in [1.82, 2.24) is 4.57 Å². The third-order valence-electron chi connectivity index (χ3n) is 4.45. The van der Waals surface area contributed by atoms with Crippen molar-refractivity contribution in [2.75, 3.05) is 12.4 Å². The first kappa shape index (κ1) is 19.3. The number of anilines is 1. The summed E-state index contributed by atoms with van der Waals surface area (Å²) in [5.74, 6) is 0.715. The number of rotatable bonds is 5. The Morgan fingerprint density at radius 2 is 1.93 bits per heavy atom. The Labute approximate surface area is 164 Å². The summed E-state index contributed by atoms with van der Waals surface area (Å²) < 4.78 is 12.5. The van der Waals surface area contributed by atoms with Gasteiger partial charge in [0.25, 0.3) is 0 Å². The molecule has 0 atom stereocenters. The zero-order chi connectivity index (χ0) is 20.3. The number of methoxy groups -OCH3 is 1. The number of ether oxygens (including phenoxy) is 2. The van der Waals surface area contributed by atoms with E-state index in [1.54, 1.807) is 33.1 Å². The fraction of sp³-hybridized carbons (Fsp3) is 0.273. The van der Waals surface area contributed by atoms with Crippen molar-refractivity contribution < 1.29 is 14.3 Å². The Balaban J connectivity index is 2.03. The molecule has 0 aliphatic rings. The van der Waals surface area contributed by atoms with Crippen LogP contribution in [0, 0.1) is 11.3 Å². The van der Waals surface area contributed by atoms with Gasteiger partial charge in [-0.05, 0) is 56.7 Å². The highest BCUT2D eigenvalue weighted by Crippen LogP contribution is 2.35. The average molecular weight is 377 g/mol. The minimum absolute atomic E-state index is 0.185. The summed E-state index contributed by atoms with van der Waals surface area (Å²) in [6, 6.07) is 15.5. The largest absolute Gasteiger partial charge is 0.497 e. The molecule has 1 aromatic heterocycles. The van der Waals surface area contributed by atoms with Crippen molar-refractivity contribution in [3.05, 3.63) is 48.0 Å². The lowest BCUT2D eigenvalue weighted by molar-refractivity contribution is 0.130. The van der Waals surface area contributed by atoms with E-state index in [1.165, 1.54) is 0 Å². The van der Waals surface area contributed by atoms with Gasteiger partial charge >= 0.3 is 6.09 Å². The fourth-order valence-electron chi connectivity index (χ4n) is 3.28. The Bertz CT molecular complexity index is 1040. The van der Waals surface area contributed by atoms with E-state index in [0.717, 1.165) is 28.7 Å². The van der Waals surface area contributed by atoms with Crippen LogP contribution in [0.15, 0.2) is 42.5 Å². The van der Waals surface area contributed by atoms with Gasteiger partial charge in [-0.15, -0.1) is 0 Å². The normalized spacial score (nSPS) is 10.7. The summed E-state index contributed by atoms with van der Waals surface area (Å²) in [6.45, 7) is 6.36. The van der Waals surface area contributed by atoms with E-state index < -0.39 is 6.09 Å². The molecule has 3 aromatic rings. The SMILES string of the molecule is CCn1c(-c2ccc(NC(=O)OC(C)C)cc2)c(C#N)c2cc(OC)ccc21. The van der Waals surface area contributed by atoms with Crippen molar-refractivity contribution in [2.24, 2.45) is 0 Å². The first-order valence-electron chi connectivity index (χ1n) is 9.16. The molecular weight excluding hydrogens is 354 g/mol. The lowest BCUT2D eigenvalue weighted by Crippen LogP contribution is -2.17. The Morgan fingerprint density at radius 3 is 2.50 bits per heavy atom. The van der Waals surface area contributed by atoms with Crippen molar-refractivity contribution in [1.29, 1.82) is 5.26 Å². The van der Waals surface area contributed by atoms with Crippen LogP contribution in [0.2, 0.25) is 0 Å². The van der Waals surface area contributed by atoms with Crippen molar-refractivity contribution in [3.63, 3.8) is 0 Å². The topological polar surface area (TPSA) is 76.3 Å². The molecule has 6 nitrogen and oxygen atoms in total. The zero-order valence-electron chi connectivity index (χ0n) is 16.4. The second-order valence-corrected chi connectivity index (χ2v) is 6.62. The number of carbonyl (C=O) groups excluding carboxylic acids is 1. The number of aryl methyl sites for hydroxylation is 1. The second kappa shape index (κ2) is 8.05. The summed E-state index contributed by atoms with van der Waals surface area (Å²) in [5, 5.41) is 13.4. The average Bonchev–Trinajstić information content (AvgIpc) is 3.00. The Kier molecular flexibility index (Phi) is 5.55. The number of amides is 1. The predicted molar refractivity (Wildman–Crippen MR) is 110 cm³/mol. The number of carbonyl (C=O) groups is 1. The minimum Gasteiger partial charge on any atom is -0.497 e. The van der Waals surface area contributed by atoms with Gasteiger partial charge < -0.3 is 14.0 Å². The fourth-order valence-corrected chi connectivity index (χ4v) is 3.28. The smallest absolute Gasteiger partial charge is 0.411 e. The molecule has 144 valence electrons. The molecule has 0 saturated carbocycles. The summed E-state index contributed by atoms with van der Waals surface area (Å²) >= 11 is 0. The molecule has 0 bridgehead atoms. The highest BCUT2D eigenvalue weighted by molar-refractivity contribution is 5.95. The van der Waals surface area contributed by atoms with E-state index in [9.17, 15) is 10.1 Å². The van der Waals surface area contributed by atoms with Crippen LogP contribution in [0.1, 0.15) is 26.3 Å². The van der Waals surface area contributed by atoms with Crippen LogP contribution < -0.4 is 10.1 Å². The van der Waals surface area contributed by atoms with Gasteiger partial charge in [0.2, 0.25) is 0 Å². The molecule has 3 rings (SSSR count). The van der Waals surface area contributed by atoms with Gasteiger partial charge in [0.1, 0.15) is 11.8 Å². The van der Waals surface area contributed by atoms with Gasteiger partial charge in [-0.1, -0.05) is 12.1 Å². The Morgan fingerprint density at radius 1 is 1.21 bits per heavy atom. The molecule has 0 aliphatic carbocycles. The van der Waals surface area contributed by atoms with Crippen LogP contribution in [0.5, 0.6) is 5.75 Å². The van der Waals surface area contributed by atoms with Crippen molar-refractivity contribution in [3.8, 4) is 23.1 Å². The van der Waals surface area contributed by atoms with Crippen LogP contribution in [0.3, 0.4) is 0 Å². The highest BCUT2D eigenvalue weighted by Gasteiger charge is 2.18. The Hall–Kier alpha value is -3.46. The standard InChI is InChI=1S/C22H23N3O3/c1-5-25-20-11-10-17(27-4)12-18(20)19(13-23)21(25)15-6-8-16(9-7-15)24-22(26)28-14(2)3/h6-12,14H,5H2,1-4H3,(H,24,26). The predicted octanol–water partition coefficient (Wildman–Crippen LogP) is 5.17. The molecule has 0 fully saturated rings. The summed E-state index contributed by atoms with van der Waals surface area (Å²) in [4.78, 5) is 11.8. The molecule has 28 heavy (non-hydrogen) atoms. The van der Waals surface area contributed by atoms with Crippen LogP contribution in [0.4, 0.5) is 10.5 Å². The van der Waals surface area contributed by atoms with Crippen LogP contribution >= 0.6 is 0 Å². The van der Waals surface area contributed by atoms with Crippen LogP contribution in [-0.2, 0) is 11.3 Å². The maximum atomic E-state index is 11.8. The summed E-state index contributed by atoms with van der Waals surface area (Å²) in [5.41, 5.74) is 3.97. The summed E-state index contributed by atoms with van der Waals surface area (Å²) in [7, 11) is 1.61. The van der Waals surface area contributed by atoms with Gasteiger partial charge in [0.05, 0.1) is 30.0 Å². The monoisotopic (exact) mass is 377 g/mol. The van der Waals surface area contributed by atoms with Gasteiger partial charge in [-0.25, -0.2) is 4.79 Å². The quantitative estimate of drug-likeness (QED) is 0.666. The highest BCUT2D eigenvalue weighted by atomic mass is 16.6. The van der Waals surface area contributed by atoms with Crippen molar-refractivity contribution in [2.45, 2.75) is 33.4 Å². The molecule has 0 saturated heterocycles. The lowest BCUT2D eigenvalue weighted by atomic mass is 10.1. The maximum Gasteiger partial charge on any atom is 0.411 e. The first-order valence-corrected chi connectivity index (χ1v) is 9.16. The van der Waals surface area contributed by atoms with E-state index in [0.29, 0.717) is 17.0 Å². The van der Waals surface area contributed by atoms with Gasteiger partial charge in [-0.3, -0.25) is 5.32 Å². The molecule has 6 heteroatoms. The van der Waals surface area contributed by atoms with Gasteiger partial charge in [-0.2, -0.15) is 5.26 Å². The molecular formula is C22H23N3O3. The van der Waals surface area contributed by atoms with E-state index in [-0.39, 0.29) is 6.10 Å². The number of aromatic nitrogens is 1. The number of hydrogen-bond acceptors (Lipinski definition) is 4. The molecule has 1 heterocycles. The van der Waals surface area contributed by atoms with Crippen LogP contribution in [-0.4, -0.2) is 23.9 Å². The van der Waals surface area contributed by atoms with E-state index in [4.69, 9.17) is 9.47 Å². The molecule has 0 unspecified atom stereocenters. The van der Waals surface area contributed by atoms with E-state index in [2.05, 4.69) is 16.0 Å². The van der Waals surface area contributed by atoms with Gasteiger partial charge in [0.15, 0.2) is 0 Å². The van der Waals surface area contributed by atoms with E-state index in [1.807, 2.05) is 37.3 Å². The third kappa shape index (κ3) is 3.65. The van der Waals surface area contributed by atoms with Gasteiger partial charge in [0, 0.05) is 17.6 Å². The molecule has 1 amide bonds. The second-order valence-electron chi connectivity index (χ2n) is 6.62. The minimum atomic E-state index is -0.491. The van der Waals surface area contributed by atoms with E-state index >= 15 is 0 Å². The third-order valence-corrected chi connectivity index (χ3v) is 4.45. The zero-order valence-corrected chi connectivity index (χ0v) is 16.4. The number of benzene rings is 2. The summed E-state index contributed by atoms with van der Waals surface area (Å²) in [6.07, 6.45) is -0.676. The molecule has 0 aliphatic heterocycles. The van der Waals surface area contributed by atoms with Crippen LogP contribution in [0.25, 0.3) is 22.2 Å². The number of hydrogen-bond donors (Lipinski definition) is 1. The first-order chi connectivity index (χ1) is 13.5. The maximum absolute atomic E-state index is 11.8. The number of nitrogens with zero attached hydrogens (tertiary/aromatic N) is 2.